The maximum absolute atomic E-state index is 12.6. The Morgan fingerprint density at radius 1 is 1.22 bits per heavy atom. The average Bonchev–Trinajstić information content (AvgIpc) is 3.23. The molecule has 27 heavy (non-hydrogen) atoms. The summed E-state index contributed by atoms with van der Waals surface area (Å²) in [6.07, 6.45) is 2.53. The van der Waals surface area contributed by atoms with Crippen LogP contribution in [-0.2, 0) is 9.53 Å². The second kappa shape index (κ2) is 8.26. The Kier molecular flexibility index (Phi) is 5.81. The number of methoxy groups -OCH3 is 1. The molecule has 7 nitrogen and oxygen atoms in total. The van der Waals surface area contributed by atoms with Crippen molar-refractivity contribution in [1.29, 1.82) is 0 Å². The van der Waals surface area contributed by atoms with Crippen molar-refractivity contribution >= 4 is 35.1 Å². The van der Waals surface area contributed by atoms with Crippen molar-refractivity contribution in [3.05, 3.63) is 52.9 Å². The first kappa shape index (κ1) is 19.0. The topological polar surface area (TPSA) is 88.9 Å². The van der Waals surface area contributed by atoms with E-state index in [1.807, 2.05) is 0 Å². The predicted molar refractivity (Wildman–Crippen MR) is 98.8 cm³/mol. The Labute approximate surface area is 161 Å². The van der Waals surface area contributed by atoms with E-state index in [0.717, 1.165) is 0 Å². The van der Waals surface area contributed by atoms with E-state index in [9.17, 15) is 14.4 Å². The molecule has 1 fully saturated rings. The number of halogens is 1. The minimum Gasteiger partial charge on any atom is -0.465 e. The average molecular weight is 391 g/mol. The Morgan fingerprint density at radius 2 is 1.96 bits per heavy atom. The lowest BCUT2D eigenvalue weighted by Crippen LogP contribution is -2.41. The molecular formula is C19H19ClN2O5. The molecule has 3 rings (SSSR count). The van der Waals surface area contributed by atoms with Gasteiger partial charge in [-0.15, -0.1) is 0 Å². The van der Waals surface area contributed by atoms with Crippen molar-refractivity contribution in [1.82, 2.24) is 4.90 Å². The van der Waals surface area contributed by atoms with Gasteiger partial charge >= 0.3 is 5.97 Å². The summed E-state index contributed by atoms with van der Waals surface area (Å²) < 4.78 is 9.81. The molecule has 0 unspecified atom stereocenters. The van der Waals surface area contributed by atoms with Crippen LogP contribution in [0.1, 0.15) is 33.8 Å². The van der Waals surface area contributed by atoms with E-state index < -0.39 is 5.97 Å². The van der Waals surface area contributed by atoms with Gasteiger partial charge in [0.2, 0.25) is 5.91 Å². The van der Waals surface area contributed by atoms with Crippen LogP contribution < -0.4 is 5.32 Å². The van der Waals surface area contributed by atoms with Crippen LogP contribution in [-0.4, -0.2) is 42.9 Å². The van der Waals surface area contributed by atoms with E-state index in [-0.39, 0.29) is 17.7 Å². The SMILES string of the molecule is COC(=O)c1ccc(Cl)c(NC(=O)C2CCN(C(=O)c3ccco3)CC2)c1. The number of nitrogens with one attached hydrogen (secondary N) is 1. The van der Waals surface area contributed by atoms with Crippen LogP contribution in [0.4, 0.5) is 5.69 Å². The third kappa shape index (κ3) is 4.31. The van der Waals surface area contributed by atoms with Crippen LogP contribution in [0.2, 0.25) is 5.02 Å². The molecule has 8 heteroatoms. The van der Waals surface area contributed by atoms with Gasteiger partial charge in [0, 0.05) is 19.0 Å². The fourth-order valence-electron chi connectivity index (χ4n) is 3.00. The first-order valence-electron chi connectivity index (χ1n) is 8.51. The number of hydrogen-bond donors (Lipinski definition) is 1. The zero-order valence-electron chi connectivity index (χ0n) is 14.7. The molecule has 1 N–H and O–H groups in total. The van der Waals surface area contributed by atoms with Crippen LogP contribution in [0.5, 0.6) is 0 Å². The first-order chi connectivity index (χ1) is 13.0. The molecule has 1 aromatic carbocycles. The fraction of sp³-hybridized carbons (Fsp3) is 0.316. The molecular weight excluding hydrogens is 372 g/mol. The molecule has 1 aromatic heterocycles. The lowest BCUT2D eigenvalue weighted by Gasteiger charge is -2.30. The van der Waals surface area contributed by atoms with Crippen LogP contribution in [0.3, 0.4) is 0 Å². The summed E-state index contributed by atoms with van der Waals surface area (Å²) in [6.45, 7) is 0.932. The fourth-order valence-corrected chi connectivity index (χ4v) is 3.17. The minimum absolute atomic E-state index is 0.173. The van der Waals surface area contributed by atoms with Crippen molar-refractivity contribution < 1.29 is 23.5 Å². The van der Waals surface area contributed by atoms with Crippen LogP contribution in [0, 0.1) is 5.92 Å². The molecule has 142 valence electrons. The number of anilines is 1. The number of rotatable bonds is 4. The normalized spacial score (nSPS) is 14.7. The Hall–Kier alpha value is -2.80. The van der Waals surface area contributed by atoms with Gasteiger partial charge in [-0.25, -0.2) is 4.79 Å². The molecule has 1 saturated heterocycles. The molecule has 0 atom stereocenters. The third-order valence-electron chi connectivity index (χ3n) is 4.53. The summed E-state index contributed by atoms with van der Waals surface area (Å²) >= 11 is 6.12. The maximum atomic E-state index is 12.6. The molecule has 0 bridgehead atoms. The van der Waals surface area contributed by atoms with E-state index >= 15 is 0 Å². The standard InChI is InChI=1S/C19H19ClN2O5/c1-26-19(25)13-4-5-14(20)15(11-13)21-17(23)12-6-8-22(9-7-12)18(24)16-3-2-10-27-16/h2-5,10-12H,6-9H2,1H3,(H,21,23). The predicted octanol–water partition coefficient (Wildman–Crippen LogP) is 3.21. The maximum Gasteiger partial charge on any atom is 0.337 e. The highest BCUT2D eigenvalue weighted by atomic mass is 35.5. The van der Waals surface area contributed by atoms with Gasteiger partial charge in [0.25, 0.3) is 5.91 Å². The minimum atomic E-state index is -0.507. The van der Waals surface area contributed by atoms with Crippen molar-refractivity contribution in [3.8, 4) is 0 Å². The van der Waals surface area contributed by atoms with E-state index in [0.29, 0.717) is 48.0 Å². The van der Waals surface area contributed by atoms with E-state index in [4.69, 9.17) is 16.0 Å². The quantitative estimate of drug-likeness (QED) is 0.810. The van der Waals surface area contributed by atoms with E-state index in [1.54, 1.807) is 17.0 Å². The monoisotopic (exact) mass is 390 g/mol. The highest BCUT2D eigenvalue weighted by Crippen LogP contribution is 2.26. The van der Waals surface area contributed by atoms with E-state index in [2.05, 4.69) is 10.1 Å². The Morgan fingerprint density at radius 3 is 2.59 bits per heavy atom. The number of ether oxygens (including phenoxy) is 1. The number of esters is 1. The van der Waals surface area contributed by atoms with Crippen molar-refractivity contribution in [2.45, 2.75) is 12.8 Å². The van der Waals surface area contributed by atoms with Gasteiger partial charge in [-0.2, -0.15) is 0 Å². The van der Waals surface area contributed by atoms with Gasteiger partial charge in [0.15, 0.2) is 5.76 Å². The summed E-state index contributed by atoms with van der Waals surface area (Å²) in [6, 6.07) is 7.84. The van der Waals surface area contributed by atoms with Crippen LogP contribution in [0.25, 0.3) is 0 Å². The molecule has 0 saturated carbocycles. The van der Waals surface area contributed by atoms with Gasteiger partial charge in [0.05, 0.1) is 29.6 Å². The molecule has 2 heterocycles. The summed E-state index contributed by atoms with van der Waals surface area (Å²) in [5.74, 6) is -0.823. The first-order valence-corrected chi connectivity index (χ1v) is 8.89. The van der Waals surface area contributed by atoms with Crippen LogP contribution in [0.15, 0.2) is 41.0 Å². The Balaban J connectivity index is 1.60. The largest absolute Gasteiger partial charge is 0.465 e. The molecule has 2 aromatic rings. The number of amides is 2. The highest BCUT2D eigenvalue weighted by molar-refractivity contribution is 6.33. The Bertz CT molecular complexity index is 842. The number of nitrogens with zero attached hydrogens (tertiary/aromatic N) is 1. The number of carbonyl (C=O) groups excluding carboxylic acids is 3. The number of piperidine rings is 1. The van der Waals surface area contributed by atoms with Gasteiger partial charge < -0.3 is 19.4 Å². The molecule has 1 aliphatic heterocycles. The number of furan rings is 1. The second-order valence-electron chi connectivity index (χ2n) is 6.22. The molecule has 0 radical (unpaired) electrons. The number of carbonyl (C=O) groups is 3. The zero-order valence-corrected chi connectivity index (χ0v) is 15.5. The van der Waals surface area contributed by atoms with Crippen molar-refractivity contribution in [2.24, 2.45) is 5.92 Å². The number of benzene rings is 1. The lowest BCUT2D eigenvalue weighted by atomic mass is 9.95. The van der Waals surface area contributed by atoms with Gasteiger partial charge in [-0.3, -0.25) is 9.59 Å². The van der Waals surface area contributed by atoms with Gasteiger partial charge in [-0.05, 0) is 43.2 Å². The van der Waals surface area contributed by atoms with Crippen molar-refractivity contribution in [3.63, 3.8) is 0 Å². The summed E-state index contributed by atoms with van der Waals surface area (Å²) in [5.41, 5.74) is 0.662. The van der Waals surface area contributed by atoms with Crippen molar-refractivity contribution in [2.75, 3.05) is 25.5 Å². The molecule has 0 spiro atoms. The van der Waals surface area contributed by atoms with Gasteiger partial charge in [-0.1, -0.05) is 11.6 Å². The summed E-state index contributed by atoms with van der Waals surface area (Å²) in [5, 5.41) is 3.10. The molecule has 2 amide bonds. The zero-order chi connectivity index (χ0) is 19.4. The highest BCUT2D eigenvalue weighted by Gasteiger charge is 2.29. The second-order valence-corrected chi connectivity index (χ2v) is 6.63. The molecule has 1 aliphatic rings. The van der Waals surface area contributed by atoms with Crippen LogP contribution >= 0.6 is 11.6 Å². The molecule has 0 aliphatic carbocycles. The van der Waals surface area contributed by atoms with E-state index in [1.165, 1.54) is 31.6 Å². The summed E-state index contributed by atoms with van der Waals surface area (Å²) in [7, 11) is 1.28. The van der Waals surface area contributed by atoms with Gasteiger partial charge in [0.1, 0.15) is 0 Å². The number of hydrogen-bond acceptors (Lipinski definition) is 5. The summed E-state index contributed by atoms with van der Waals surface area (Å²) in [4.78, 5) is 38.2. The lowest BCUT2D eigenvalue weighted by molar-refractivity contribution is -0.121. The number of likely N-dealkylation sites (tertiary alicyclic amines) is 1. The third-order valence-corrected chi connectivity index (χ3v) is 4.86. The smallest absolute Gasteiger partial charge is 0.337 e.